The highest BCUT2D eigenvalue weighted by molar-refractivity contribution is 9.11. The van der Waals surface area contributed by atoms with Gasteiger partial charge in [0.2, 0.25) is 0 Å². The Morgan fingerprint density at radius 3 is 2.75 bits per heavy atom. The number of carbonyl (C=O) groups excluding carboxylic acids is 1. The first-order valence-electron chi connectivity index (χ1n) is 6.83. The summed E-state index contributed by atoms with van der Waals surface area (Å²) in [6, 6.07) is 5.58. The summed E-state index contributed by atoms with van der Waals surface area (Å²) >= 11 is 6.79. The molecule has 0 radical (unpaired) electrons. The lowest BCUT2D eigenvalue weighted by Crippen LogP contribution is -2.44. The van der Waals surface area contributed by atoms with Gasteiger partial charge in [-0.3, -0.25) is 4.79 Å². The standard InChI is InChI=1S/C14H19Br2N3O/c15-11-2-3-12(13(16)10-11)14(20)18-4-1-7-19-8-5-17-6-9-19/h2-3,10,17H,1,4-9H2,(H,18,20). The van der Waals surface area contributed by atoms with Gasteiger partial charge in [0.15, 0.2) is 0 Å². The Hall–Kier alpha value is -0.430. The number of benzene rings is 1. The molecule has 1 aromatic rings. The Morgan fingerprint density at radius 2 is 2.05 bits per heavy atom. The predicted octanol–water partition coefficient (Wildman–Crippen LogP) is 2.24. The number of halogens is 2. The van der Waals surface area contributed by atoms with Crippen molar-refractivity contribution >= 4 is 37.8 Å². The summed E-state index contributed by atoms with van der Waals surface area (Å²) in [5, 5.41) is 6.31. The first-order valence-corrected chi connectivity index (χ1v) is 8.42. The van der Waals surface area contributed by atoms with Gasteiger partial charge in [-0.25, -0.2) is 0 Å². The smallest absolute Gasteiger partial charge is 0.252 e. The Bertz CT molecular complexity index is 462. The van der Waals surface area contributed by atoms with Crippen molar-refractivity contribution in [3.63, 3.8) is 0 Å². The van der Waals surface area contributed by atoms with E-state index in [4.69, 9.17) is 0 Å². The van der Waals surface area contributed by atoms with Crippen LogP contribution < -0.4 is 10.6 Å². The van der Waals surface area contributed by atoms with Gasteiger partial charge in [0.25, 0.3) is 5.91 Å². The van der Waals surface area contributed by atoms with Crippen molar-refractivity contribution in [2.24, 2.45) is 0 Å². The highest BCUT2D eigenvalue weighted by Gasteiger charge is 2.11. The number of piperazine rings is 1. The van der Waals surface area contributed by atoms with Gasteiger partial charge in [-0.2, -0.15) is 0 Å². The summed E-state index contributed by atoms with van der Waals surface area (Å²) in [5.41, 5.74) is 0.676. The van der Waals surface area contributed by atoms with Gasteiger partial charge in [0.1, 0.15) is 0 Å². The number of hydrogen-bond acceptors (Lipinski definition) is 3. The van der Waals surface area contributed by atoms with Crippen LogP contribution in [-0.4, -0.2) is 50.1 Å². The summed E-state index contributed by atoms with van der Waals surface area (Å²) in [4.78, 5) is 14.5. The van der Waals surface area contributed by atoms with E-state index in [0.29, 0.717) is 12.1 Å². The Balaban J connectivity index is 1.72. The molecule has 0 aliphatic carbocycles. The van der Waals surface area contributed by atoms with Crippen molar-refractivity contribution in [2.45, 2.75) is 6.42 Å². The molecule has 1 heterocycles. The molecule has 1 fully saturated rings. The molecule has 0 aromatic heterocycles. The molecule has 2 N–H and O–H groups in total. The van der Waals surface area contributed by atoms with Crippen LogP contribution in [-0.2, 0) is 0 Å². The first-order chi connectivity index (χ1) is 9.66. The van der Waals surface area contributed by atoms with Crippen molar-refractivity contribution in [3.05, 3.63) is 32.7 Å². The van der Waals surface area contributed by atoms with Gasteiger partial charge < -0.3 is 15.5 Å². The molecular weight excluding hydrogens is 386 g/mol. The second-order valence-electron chi connectivity index (χ2n) is 4.83. The van der Waals surface area contributed by atoms with E-state index in [9.17, 15) is 4.79 Å². The molecule has 0 spiro atoms. The van der Waals surface area contributed by atoms with Crippen molar-refractivity contribution in [1.29, 1.82) is 0 Å². The maximum Gasteiger partial charge on any atom is 0.252 e. The third-order valence-electron chi connectivity index (χ3n) is 3.32. The molecule has 0 saturated carbocycles. The molecule has 1 aromatic carbocycles. The second-order valence-corrected chi connectivity index (χ2v) is 6.60. The summed E-state index contributed by atoms with van der Waals surface area (Å²) in [5.74, 6) is -0.0234. The van der Waals surface area contributed by atoms with Gasteiger partial charge >= 0.3 is 0 Å². The van der Waals surface area contributed by atoms with Crippen molar-refractivity contribution in [1.82, 2.24) is 15.5 Å². The second kappa shape index (κ2) is 8.12. The lowest BCUT2D eigenvalue weighted by atomic mass is 10.2. The topological polar surface area (TPSA) is 44.4 Å². The van der Waals surface area contributed by atoms with Crippen LogP contribution in [0.15, 0.2) is 27.1 Å². The minimum absolute atomic E-state index is 0.0234. The number of rotatable bonds is 5. The molecule has 6 heteroatoms. The van der Waals surface area contributed by atoms with Crippen LogP contribution in [0.4, 0.5) is 0 Å². The van der Waals surface area contributed by atoms with Crippen LogP contribution >= 0.6 is 31.9 Å². The molecule has 1 aliphatic heterocycles. The fourth-order valence-corrected chi connectivity index (χ4v) is 3.44. The maximum atomic E-state index is 12.0. The predicted molar refractivity (Wildman–Crippen MR) is 88.1 cm³/mol. The molecule has 20 heavy (non-hydrogen) atoms. The van der Waals surface area contributed by atoms with E-state index < -0.39 is 0 Å². The zero-order chi connectivity index (χ0) is 14.4. The van der Waals surface area contributed by atoms with Gasteiger partial charge in [-0.15, -0.1) is 0 Å². The minimum atomic E-state index is -0.0234. The first kappa shape index (κ1) is 15.9. The minimum Gasteiger partial charge on any atom is -0.352 e. The molecule has 0 unspecified atom stereocenters. The number of amides is 1. The fourth-order valence-electron chi connectivity index (χ4n) is 2.21. The summed E-state index contributed by atoms with van der Waals surface area (Å²) in [6.07, 6.45) is 0.986. The average molecular weight is 405 g/mol. The van der Waals surface area contributed by atoms with Crippen LogP contribution in [0.2, 0.25) is 0 Å². The molecule has 1 aliphatic rings. The lowest BCUT2D eigenvalue weighted by Gasteiger charge is -2.27. The zero-order valence-electron chi connectivity index (χ0n) is 11.3. The zero-order valence-corrected chi connectivity index (χ0v) is 14.5. The monoisotopic (exact) mass is 403 g/mol. The molecule has 4 nitrogen and oxygen atoms in total. The van der Waals surface area contributed by atoms with E-state index in [0.717, 1.165) is 48.1 Å². The Kier molecular flexibility index (Phi) is 6.48. The quantitative estimate of drug-likeness (QED) is 0.739. The molecule has 1 amide bonds. The van der Waals surface area contributed by atoms with Crippen LogP contribution in [0.3, 0.4) is 0 Å². The van der Waals surface area contributed by atoms with Crippen molar-refractivity contribution in [3.8, 4) is 0 Å². The van der Waals surface area contributed by atoms with Gasteiger partial charge in [-0.05, 0) is 47.1 Å². The van der Waals surface area contributed by atoms with E-state index >= 15 is 0 Å². The van der Waals surface area contributed by atoms with E-state index in [1.165, 1.54) is 0 Å². The molecule has 2 rings (SSSR count). The highest BCUT2D eigenvalue weighted by atomic mass is 79.9. The van der Waals surface area contributed by atoms with Crippen molar-refractivity contribution in [2.75, 3.05) is 39.3 Å². The molecule has 0 bridgehead atoms. The molecular formula is C14H19Br2N3O. The van der Waals surface area contributed by atoms with Crippen LogP contribution in [0, 0.1) is 0 Å². The SMILES string of the molecule is O=C(NCCCN1CCNCC1)c1ccc(Br)cc1Br. The molecule has 1 saturated heterocycles. The summed E-state index contributed by atoms with van der Waals surface area (Å²) in [6.45, 7) is 6.10. The van der Waals surface area contributed by atoms with Gasteiger partial charge in [-0.1, -0.05) is 15.9 Å². The summed E-state index contributed by atoms with van der Waals surface area (Å²) in [7, 11) is 0. The van der Waals surface area contributed by atoms with Crippen LogP contribution in [0.25, 0.3) is 0 Å². The normalized spacial score (nSPS) is 16.1. The van der Waals surface area contributed by atoms with E-state index in [1.54, 1.807) is 0 Å². The third-order valence-corrected chi connectivity index (χ3v) is 4.47. The van der Waals surface area contributed by atoms with E-state index in [2.05, 4.69) is 47.4 Å². The van der Waals surface area contributed by atoms with Gasteiger partial charge in [0.05, 0.1) is 5.56 Å². The Labute approximate surface area is 136 Å². The van der Waals surface area contributed by atoms with Crippen molar-refractivity contribution < 1.29 is 4.79 Å². The number of nitrogens with zero attached hydrogens (tertiary/aromatic N) is 1. The van der Waals surface area contributed by atoms with Gasteiger partial charge in [0, 0.05) is 41.7 Å². The van der Waals surface area contributed by atoms with E-state index in [1.807, 2.05) is 18.2 Å². The lowest BCUT2D eigenvalue weighted by molar-refractivity contribution is 0.0950. The molecule has 0 atom stereocenters. The average Bonchev–Trinajstić information content (AvgIpc) is 2.44. The summed E-state index contributed by atoms with van der Waals surface area (Å²) < 4.78 is 1.77. The largest absolute Gasteiger partial charge is 0.352 e. The Morgan fingerprint density at radius 1 is 1.30 bits per heavy atom. The number of hydrogen-bond donors (Lipinski definition) is 2. The third kappa shape index (κ3) is 4.84. The molecule has 110 valence electrons. The number of carbonyl (C=O) groups is 1. The highest BCUT2D eigenvalue weighted by Crippen LogP contribution is 2.21. The van der Waals surface area contributed by atoms with Crippen LogP contribution in [0.1, 0.15) is 16.8 Å². The maximum absolute atomic E-state index is 12.0. The van der Waals surface area contributed by atoms with Crippen LogP contribution in [0.5, 0.6) is 0 Å². The number of nitrogens with one attached hydrogen (secondary N) is 2. The van der Waals surface area contributed by atoms with E-state index in [-0.39, 0.29) is 5.91 Å². The fraction of sp³-hybridized carbons (Fsp3) is 0.500.